The molecule has 0 amide bonds. The zero-order chi connectivity index (χ0) is 57.1. The van der Waals surface area contributed by atoms with Crippen molar-refractivity contribution in [2.45, 2.75) is 193 Å². The first kappa shape index (κ1) is 73.8. The van der Waals surface area contributed by atoms with Crippen LogP contribution in [0.1, 0.15) is 192 Å². The van der Waals surface area contributed by atoms with Crippen molar-refractivity contribution < 1.29 is 52.3 Å². The van der Waals surface area contributed by atoms with E-state index in [1.807, 2.05) is 100 Å². The molecule has 426 valence electrons. The SMILES string of the molecule is C=C(C)CC.CCC(C)C#N.CCC(C)C(=O)OCC1(CC)COC1.CCC(C)C(=O)OCC1CO1.CCC(C)C(=O)OCCN.CCC(C)c1ccc(OC)cc1.CCOC(C)Oc1ccc(C(C)CC)cc1. The van der Waals surface area contributed by atoms with Crippen LogP contribution in [0.4, 0.5) is 0 Å². The maximum absolute atomic E-state index is 11.4. The fraction of sp³-hybridized carbons (Fsp3) is 0.705. The van der Waals surface area contributed by atoms with Gasteiger partial charge in [-0.3, -0.25) is 14.4 Å². The molecule has 0 saturated carbocycles. The molecule has 2 fully saturated rings. The number of methoxy groups -OCH3 is 1. The second kappa shape index (κ2) is 45.9. The summed E-state index contributed by atoms with van der Waals surface area (Å²) in [5, 5.41) is 8.08. The Morgan fingerprint density at radius 2 is 1.14 bits per heavy atom. The van der Waals surface area contributed by atoms with Crippen LogP contribution in [0.15, 0.2) is 60.7 Å². The van der Waals surface area contributed by atoms with Gasteiger partial charge in [-0.25, -0.2) is 0 Å². The smallest absolute Gasteiger partial charge is 0.308 e. The van der Waals surface area contributed by atoms with Crippen LogP contribution in [0.5, 0.6) is 11.5 Å². The van der Waals surface area contributed by atoms with Crippen LogP contribution in [-0.2, 0) is 42.8 Å². The number of rotatable bonds is 24. The van der Waals surface area contributed by atoms with E-state index in [1.54, 1.807) is 7.11 Å². The quantitative estimate of drug-likeness (QED) is 0.0345. The third-order valence-electron chi connectivity index (χ3n) is 12.8. The minimum Gasteiger partial charge on any atom is -0.497 e. The second-order valence-electron chi connectivity index (χ2n) is 19.3. The van der Waals surface area contributed by atoms with Crippen molar-refractivity contribution in [3.05, 3.63) is 71.8 Å². The van der Waals surface area contributed by atoms with Crippen molar-refractivity contribution >= 4 is 17.9 Å². The maximum atomic E-state index is 11.4. The third-order valence-corrected chi connectivity index (χ3v) is 12.8. The van der Waals surface area contributed by atoms with Gasteiger partial charge in [0.25, 0.3) is 0 Å². The fourth-order valence-electron chi connectivity index (χ4n) is 5.26. The first-order chi connectivity index (χ1) is 35.1. The maximum Gasteiger partial charge on any atom is 0.308 e. The van der Waals surface area contributed by atoms with Gasteiger partial charge in [-0.2, -0.15) is 5.26 Å². The Kier molecular flexibility index (Phi) is 45.7. The largest absolute Gasteiger partial charge is 0.497 e. The monoisotopic (exact) mass is 1040 g/mol. The molecule has 0 radical (unpaired) electrons. The topological polar surface area (TPSA) is 178 Å². The number of allylic oxidation sites excluding steroid dienone is 1. The normalized spacial score (nSPS) is 16.1. The highest BCUT2D eigenvalue weighted by atomic mass is 16.7. The van der Waals surface area contributed by atoms with Gasteiger partial charge in [-0.15, -0.1) is 6.58 Å². The number of hydrogen-bond donors (Lipinski definition) is 1. The highest BCUT2D eigenvalue weighted by molar-refractivity contribution is 5.72. The number of epoxide rings is 1. The Morgan fingerprint density at radius 1 is 0.703 bits per heavy atom. The molecular weight excluding hydrogens is 937 g/mol. The predicted octanol–water partition coefficient (Wildman–Crippen LogP) is 14.2. The molecular formula is C61H106N2O11. The van der Waals surface area contributed by atoms with Crippen LogP contribution in [0.2, 0.25) is 0 Å². The molecule has 8 unspecified atom stereocenters. The van der Waals surface area contributed by atoms with Crippen LogP contribution in [-0.4, -0.2) is 90.2 Å². The van der Waals surface area contributed by atoms with Gasteiger partial charge in [0.2, 0.25) is 0 Å². The Labute approximate surface area is 451 Å². The molecule has 2 aliphatic heterocycles. The summed E-state index contributed by atoms with van der Waals surface area (Å²) < 4.78 is 41.1. The number of carbonyl (C=O) groups excluding carboxylic acids is 3. The molecule has 2 aliphatic rings. The Bertz CT molecular complexity index is 1730. The number of ether oxygens (including phenoxy) is 8. The lowest BCUT2D eigenvalue weighted by Crippen LogP contribution is -2.46. The number of nitriles is 1. The van der Waals surface area contributed by atoms with Gasteiger partial charge in [-0.1, -0.05) is 120 Å². The fourth-order valence-corrected chi connectivity index (χ4v) is 5.26. The van der Waals surface area contributed by atoms with Crippen LogP contribution in [0.25, 0.3) is 0 Å². The van der Waals surface area contributed by atoms with E-state index in [0.29, 0.717) is 44.8 Å². The molecule has 13 nitrogen and oxygen atoms in total. The van der Waals surface area contributed by atoms with Crippen LogP contribution >= 0.6 is 0 Å². The van der Waals surface area contributed by atoms with E-state index in [1.165, 1.54) is 23.1 Å². The number of nitrogens with zero attached hydrogens (tertiary/aromatic N) is 1. The van der Waals surface area contributed by atoms with E-state index in [-0.39, 0.29) is 59.4 Å². The molecule has 74 heavy (non-hydrogen) atoms. The molecule has 0 spiro atoms. The van der Waals surface area contributed by atoms with Gasteiger partial charge in [0.1, 0.15) is 37.4 Å². The van der Waals surface area contributed by atoms with E-state index in [4.69, 9.17) is 48.9 Å². The number of hydrogen-bond acceptors (Lipinski definition) is 13. The van der Waals surface area contributed by atoms with E-state index < -0.39 is 0 Å². The highest BCUT2D eigenvalue weighted by Gasteiger charge is 2.38. The molecule has 8 atom stereocenters. The van der Waals surface area contributed by atoms with Crippen molar-refractivity contribution in [3.8, 4) is 17.6 Å². The van der Waals surface area contributed by atoms with Crippen LogP contribution in [0.3, 0.4) is 0 Å². The minimum absolute atomic E-state index is 0.00606. The van der Waals surface area contributed by atoms with Crippen molar-refractivity contribution in [3.63, 3.8) is 0 Å². The molecule has 2 heterocycles. The predicted molar refractivity (Wildman–Crippen MR) is 302 cm³/mol. The van der Waals surface area contributed by atoms with Crippen molar-refractivity contribution in [2.75, 3.05) is 59.9 Å². The summed E-state index contributed by atoms with van der Waals surface area (Å²) in [7, 11) is 1.69. The molecule has 13 heteroatoms. The Hall–Kier alpha value is -4.48. The summed E-state index contributed by atoms with van der Waals surface area (Å²) in [5.41, 5.74) is 9.26. The van der Waals surface area contributed by atoms with Crippen LogP contribution in [0, 0.1) is 40.4 Å². The minimum atomic E-state index is -0.181. The Balaban J connectivity index is -0.000000816. The summed E-state index contributed by atoms with van der Waals surface area (Å²) in [5.74, 6) is 3.02. The molecule has 2 saturated heterocycles. The lowest BCUT2D eigenvalue weighted by Gasteiger charge is -2.40. The molecule has 2 N–H and O–H groups in total. The number of nitrogens with two attached hydrogens (primary N) is 1. The first-order valence-corrected chi connectivity index (χ1v) is 27.6. The lowest BCUT2D eigenvalue weighted by molar-refractivity contribution is -0.173. The summed E-state index contributed by atoms with van der Waals surface area (Å²) in [6.45, 7) is 42.7. The summed E-state index contributed by atoms with van der Waals surface area (Å²) in [6.07, 6.45) is 7.95. The van der Waals surface area contributed by atoms with Crippen molar-refractivity contribution in [2.24, 2.45) is 34.8 Å². The Morgan fingerprint density at radius 3 is 1.43 bits per heavy atom. The first-order valence-electron chi connectivity index (χ1n) is 27.6. The summed E-state index contributed by atoms with van der Waals surface area (Å²) >= 11 is 0. The third kappa shape index (κ3) is 37.3. The average Bonchev–Trinajstić information content (AvgIpc) is 4.26. The van der Waals surface area contributed by atoms with Crippen LogP contribution < -0.4 is 15.2 Å². The van der Waals surface area contributed by atoms with Gasteiger partial charge in [0, 0.05) is 19.1 Å². The highest BCUT2D eigenvalue weighted by Crippen LogP contribution is 2.31. The van der Waals surface area contributed by atoms with Gasteiger partial charge in [0.05, 0.1) is 56.2 Å². The molecule has 0 aliphatic carbocycles. The van der Waals surface area contributed by atoms with Gasteiger partial charge in [0.15, 0.2) is 6.29 Å². The van der Waals surface area contributed by atoms with Crippen molar-refractivity contribution in [1.82, 2.24) is 0 Å². The number of benzene rings is 2. The average molecular weight is 1040 g/mol. The number of esters is 3. The zero-order valence-corrected chi connectivity index (χ0v) is 49.8. The van der Waals surface area contributed by atoms with Crippen molar-refractivity contribution in [1.29, 1.82) is 5.26 Å². The molecule has 0 bridgehead atoms. The second-order valence-corrected chi connectivity index (χ2v) is 19.3. The molecule has 4 rings (SSSR count). The van der Waals surface area contributed by atoms with Gasteiger partial charge < -0.3 is 43.6 Å². The van der Waals surface area contributed by atoms with Gasteiger partial charge in [-0.05, 0) is 126 Å². The summed E-state index contributed by atoms with van der Waals surface area (Å²) in [4.78, 5) is 33.3. The van der Waals surface area contributed by atoms with E-state index >= 15 is 0 Å². The van der Waals surface area contributed by atoms with Gasteiger partial charge >= 0.3 is 17.9 Å². The standard InChI is InChI=1S/C14H22O2.C11H20O3.C11H16O.C8H14O3.C7H15NO2.C5H9N.C5H10/c1-5-11(3)13-7-9-14(10-8-13)16-12(4)15-6-2;1-4-9(3)10(12)14-8-11(5-2)6-13-7-11;1-4-9(2)10-5-7-11(12-3)8-6-10;1-3-6(2)8(9)11-5-7-4-10-7;1-3-6(2)7(9)10-5-4-8;1-3-5(2)4-6;1-4-5(2)3/h7-12H,5-6H2,1-4H3;9H,4-8H2,1-3H3;5-9H,4H2,1-3H3;6-7H,3-5H2,1-2H3;6H,3-5,8H2,1-2H3;5H,3H2,1-2H3;2,4H2,1,3H3. The zero-order valence-electron chi connectivity index (χ0n) is 49.8. The van der Waals surface area contributed by atoms with E-state index in [2.05, 4.69) is 78.5 Å². The van der Waals surface area contributed by atoms with E-state index in [9.17, 15) is 14.4 Å². The molecule has 2 aromatic carbocycles. The number of carbonyl (C=O) groups is 3. The summed E-state index contributed by atoms with van der Waals surface area (Å²) in [6, 6.07) is 18.7. The molecule has 2 aromatic rings. The van der Waals surface area contributed by atoms with E-state index in [0.717, 1.165) is 76.3 Å². The molecule has 0 aromatic heterocycles. The lowest BCUT2D eigenvalue weighted by atomic mass is 9.84.